The summed E-state index contributed by atoms with van der Waals surface area (Å²) in [7, 11) is 1.32. The molecule has 52 heavy (non-hydrogen) atoms. The molecule has 2 amide bonds. The highest BCUT2D eigenvalue weighted by Gasteiger charge is 2.38. The van der Waals surface area contributed by atoms with E-state index in [2.05, 4.69) is 88.4 Å². The first-order chi connectivity index (χ1) is 25.2. The summed E-state index contributed by atoms with van der Waals surface area (Å²) < 4.78 is 13.5. The molecule has 2 saturated heterocycles. The number of amides is 2. The SMILES string of the molecule is CCC(C)CC(=NC(C)C1CCCN1C(=O)C(NC(=O)OC)C(C)C)c1cccc2c1cc1n2COc2cc(-c3cnc(C4CCCN4)[nH]3)ccc2-1. The molecule has 7 rings (SSSR count). The fraction of sp³-hybridized carbons (Fsp3) is 0.512. The molecule has 0 saturated carbocycles. The van der Waals surface area contributed by atoms with Crippen molar-refractivity contribution in [3.63, 3.8) is 0 Å². The molecule has 5 heterocycles. The number of benzene rings is 2. The second kappa shape index (κ2) is 15.1. The van der Waals surface area contributed by atoms with Gasteiger partial charge in [-0.2, -0.15) is 0 Å². The van der Waals surface area contributed by atoms with Crippen molar-refractivity contribution in [2.24, 2.45) is 16.8 Å². The molecular formula is C41H53N7O4. The van der Waals surface area contributed by atoms with E-state index in [1.807, 2.05) is 24.9 Å². The van der Waals surface area contributed by atoms with E-state index < -0.39 is 12.1 Å². The van der Waals surface area contributed by atoms with Gasteiger partial charge in [-0.25, -0.2) is 9.78 Å². The van der Waals surface area contributed by atoms with Gasteiger partial charge in [-0.3, -0.25) is 9.79 Å². The van der Waals surface area contributed by atoms with Crippen LogP contribution in [0.15, 0.2) is 53.7 Å². The van der Waals surface area contributed by atoms with E-state index in [0.717, 1.165) is 94.9 Å². The Labute approximate surface area is 306 Å². The first-order valence-electron chi connectivity index (χ1n) is 19.1. The smallest absolute Gasteiger partial charge is 0.407 e. The molecule has 11 nitrogen and oxygen atoms in total. The molecule has 2 aromatic heterocycles. The Hall–Kier alpha value is -4.64. The zero-order chi connectivity index (χ0) is 36.5. The third-order valence-electron chi connectivity index (χ3n) is 11.3. The van der Waals surface area contributed by atoms with Gasteiger partial charge in [0, 0.05) is 34.3 Å². The lowest BCUT2D eigenvalue weighted by molar-refractivity contribution is -0.135. The number of methoxy groups -OCH3 is 1. The number of carbonyl (C=O) groups is 2. The van der Waals surface area contributed by atoms with Crippen LogP contribution in [-0.4, -0.2) is 75.5 Å². The second-order valence-corrected chi connectivity index (χ2v) is 15.1. The normalized spacial score (nSPS) is 20.4. The van der Waals surface area contributed by atoms with Gasteiger partial charge >= 0.3 is 6.09 Å². The van der Waals surface area contributed by atoms with Crippen molar-refractivity contribution in [3.05, 3.63) is 60.0 Å². The summed E-state index contributed by atoms with van der Waals surface area (Å²) in [6, 6.07) is 14.6. The lowest BCUT2D eigenvalue weighted by atomic mass is 9.94. The average Bonchev–Trinajstić information content (AvgIpc) is 3.98. The molecule has 0 spiro atoms. The minimum Gasteiger partial charge on any atom is -0.472 e. The zero-order valence-corrected chi connectivity index (χ0v) is 31.4. The summed E-state index contributed by atoms with van der Waals surface area (Å²) in [5.74, 6) is 2.13. The molecular weight excluding hydrogens is 654 g/mol. The number of fused-ring (bicyclic) bond motifs is 5. The van der Waals surface area contributed by atoms with E-state index in [1.54, 1.807) is 0 Å². The van der Waals surface area contributed by atoms with Crippen LogP contribution in [0.2, 0.25) is 0 Å². The molecule has 276 valence electrons. The standard InChI is InChI=1S/C41H53N7O4/c1-7-25(4)19-32(44-26(5)34-14-10-18-47(34)40(49)38(24(2)3)46-41(50)51-6)28-11-8-13-35-30(28)21-36-29-16-15-27(20-37(29)52-23-48(35)36)33-22-43-39(45-33)31-12-9-17-42-31/h8,11,13,15-16,20-22,24-26,31,34,38,42H,7,9-10,12,14,17-19,23H2,1-6H3,(H,43,45)(H,46,50). The highest BCUT2D eigenvalue weighted by atomic mass is 16.5. The van der Waals surface area contributed by atoms with Crippen LogP contribution in [0.3, 0.4) is 0 Å². The predicted octanol–water partition coefficient (Wildman–Crippen LogP) is 7.46. The predicted molar refractivity (Wildman–Crippen MR) is 205 cm³/mol. The van der Waals surface area contributed by atoms with Crippen LogP contribution in [0.1, 0.15) is 90.6 Å². The average molecular weight is 708 g/mol. The van der Waals surface area contributed by atoms with Crippen molar-refractivity contribution in [1.29, 1.82) is 0 Å². The van der Waals surface area contributed by atoms with Gasteiger partial charge in [0.25, 0.3) is 0 Å². The summed E-state index contributed by atoms with van der Waals surface area (Å²) >= 11 is 0. The monoisotopic (exact) mass is 707 g/mol. The van der Waals surface area contributed by atoms with Gasteiger partial charge in [0.1, 0.15) is 17.6 Å². The first-order valence-corrected chi connectivity index (χ1v) is 19.1. The maximum atomic E-state index is 13.9. The molecule has 3 N–H and O–H groups in total. The molecule has 0 bridgehead atoms. The van der Waals surface area contributed by atoms with Gasteiger partial charge in [-0.15, -0.1) is 0 Å². The summed E-state index contributed by atoms with van der Waals surface area (Å²) in [5, 5.41) is 7.44. The minimum absolute atomic E-state index is 0.0589. The number of likely N-dealkylation sites (tertiary alicyclic amines) is 1. The molecule has 5 unspecified atom stereocenters. The van der Waals surface area contributed by atoms with Crippen LogP contribution in [0.4, 0.5) is 4.79 Å². The lowest BCUT2D eigenvalue weighted by Gasteiger charge is -2.33. The highest BCUT2D eigenvalue weighted by Crippen LogP contribution is 2.41. The summed E-state index contributed by atoms with van der Waals surface area (Å²) in [6.07, 6.45) is 7.25. The number of hydrogen-bond acceptors (Lipinski definition) is 7. The van der Waals surface area contributed by atoms with Crippen LogP contribution >= 0.6 is 0 Å². The van der Waals surface area contributed by atoms with Gasteiger partial charge in [0.2, 0.25) is 5.91 Å². The van der Waals surface area contributed by atoms with Gasteiger partial charge < -0.3 is 34.6 Å². The number of hydrogen-bond donors (Lipinski definition) is 3. The maximum absolute atomic E-state index is 13.9. The molecule has 2 fully saturated rings. The van der Waals surface area contributed by atoms with Crippen molar-refractivity contribution >= 4 is 28.6 Å². The van der Waals surface area contributed by atoms with Gasteiger partial charge in [-0.05, 0) is 81.7 Å². The van der Waals surface area contributed by atoms with Gasteiger partial charge in [0.05, 0.1) is 48.3 Å². The number of ether oxygens (including phenoxy) is 2. The van der Waals surface area contributed by atoms with Crippen molar-refractivity contribution in [2.45, 2.75) is 104 Å². The maximum Gasteiger partial charge on any atom is 0.407 e. The van der Waals surface area contributed by atoms with Crippen molar-refractivity contribution in [1.82, 2.24) is 30.1 Å². The van der Waals surface area contributed by atoms with E-state index >= 15 is 0 Å². The first kappa shape index (κ1) is 35.7. The lowest BCUT2D eigenvalue weighted by Crippen LogP contribution is -2.54. The summed E-state index contributed by atoms with van der Waals surface area (Å²) in [4.78, 5) is 41.6. The van der Waals surface area contributed by atoms with Gasteiger partial charge in [-0.1, -0.05) is 52.3 Å². The Kier molecular flexibility index (Phi) is 10.4. The molecule has 3 aliphatic rings. The fourth-order valence-corrected chi connectivity index (χ4v) is 8.12. The number of carbonyl (C=O) groups excluding carboxylic acids is 2. The molecule has 11 heteroatoms. The summed E-state index contributed by atoms with van der Waals surface area (Å²) in [5.41, 5.74) is 7.52. The number of nitrogens with zero attached hydrogens (tertiary/aromatic N) is 4. The Morgan fingerprint density at radius 3 is 2.71 bits per heavy atom. The Balaban J connectivity index is 1.20. The largest absolute Gasteiger partial charge is 0.472 e. The number of aliphatic imine (C=N–C) groups is 1. The van der Waals surface area contributed by atoms with Crippen LogP contribution in [0.5, 0.6) is 5.75 Å². The molecule has 4 aromatic rings. The summed E-state index contributed by atoms with van der Waals surface area (Å²) in [6.45, 7) is 12.6. The Morgan fingerprint density at radius 1 is 1.12 bits per heavy atom. The van der Waals surface area contributed by atoms with Gasteiger partial charge in [0.15, 0.2) is 6.73 Å². The van der Waals surface area contributed by atoms with Crippen LogP contribution in [-0.2, 0) is 16.3 Å². The number of nitrogens with one attached hydrogen (secondary N) is 3. The number of alkyl carbamates (subject to hydrolysis) is 1. The quantitative estimate of drug-likeness (QED) is 0.139. The topological polar surface area (TPSA) is 126 Å². The van der Waals surface area contributed by atoms with E-state index in [0.29, 0.717) is 19.2 Å². The van der Waals surface area contributed by atoms with Crippen molar-refractivity contribution in [2.75, 3.05) is 20.2 Å². The molecule has 0 radical (unpaired) electrons. The fourth-order valence-electron chi connectivity index (χ4n) is 8.12. The number of imidazole rings is 1. The van der Waals surface area contributed by atoms with Crippen molar-refractivity contribution in [3.8, 4) is 28.3 Å². The number of rotatable bonds is 11. The van der Waals surface area contributed by atoms with E-state index in [9.17, 15) is 9.59 Å². The zero-order valence-electron chi connectivity index (χ0n) is 31.4. The molecule has 5 atom stereocenters. The molecule has 3 aliphatic heterocycles. The number of aromatic amines is 1. The second-order valence-electron chi connectivity index (χ2n) is 15.1. The number of H-pyrrole nitrogens is 1. The minimum atomic E-state index is -0.655. The number of aromatic nitrogens is 3. The van der Waals surface area contributed by atoms with E-state index in [-0.39, 0.29) is 30.0 Å². The Morgan fingerprint density at radius 2 is 1.96 bits per heavy atom. The van der Waals surface area contributed by atoms with Crippen LogP contribution in [0, 0.1) is 11.8 Å². The van der Waals surface area contributed by atoms with E-state index in [1.165, 1.54) is 13.5 Å². The molecule has 0 aliphatic carbocycles. The third-order valence-corrected chi connectivity index (χ3v) is 11.3. The van der Waals surface area contributed by atoms with Crippen LogP contribution < -0.4 is 15.4 Å². The van der Waals surface area contributed by atoms with Crippen LogP contribution in [0.25, 0.3) is 33.4 Å². The van der Waals surface area contributed by atoms with Crippen molar-refractivity contribution < 1.29 is 19.1 Å². The highest BCUT2D eigenvalue weighted by molar-refractivity contribution is 6.12. The Bertz CT molecular complexity index is 1960. The van der Waals surface area contributed by atoms with E-state index in [4.69, 9.17) is 14.5 Å². The molecule has 2 aromatic carbocycles. The third kappa shape index (κ3) is 6.95.